The molecule has 0 aliphatic carbocycles. The van der Waals surface area contributed by atoms with E-state index in [9.17, 15) is 4.79 Å². The average Bonchev–Trinajstić information content (AvgIpc) is 2.44. The van der Waals surface area contributed by atoms with Crippen LogP contribution in [0.3, 0.4) is 0 Å². The molecular formula is C19H31N3O. The molecule has 0 bridgehead atoms. The fourth-order valence-electron chi connectivity index (χ4n) is 3.52. The molecule has 4 nitrogen and oxygen atoms in total. The van der Waals surface area contributed by atoms with Crippen LogP contribution in [0.25, 0.3) is 0 Å². The number of hydrogen-bond donors (Lipinski definition) is 2. The lowest BCUT2D eigenvalue weighted by Gasteiger charge is -2.46. The molecule has 0 unspecified atom stereocenters. The molecule has 0 atom stereocenters. The first kappa shape index (κ1) is 17.6. The molecule has 0 aromatic heterocycles. The van der Waals surface area contributed by atoms with Gasteiger partial charge in [-0.05, 0) is 76.6 Å². The van der Waals surface area contributed by atoms with Crippen LogP contribution < -0.4 is 15.5 Å². The first-order chi connectivity index (χ1) is 10.8. The molecule has 0 fully saturated rings. The van der Waals surface area contributed by atoms with Gasteiger partial charge in [-0.2, -0.15) is 0 Å². The normalized spacial score (nSPS) is 16.0. The number of amides is 2. The summed E-state index contributed by atoms with van der Waals surface area (Å²) in [6, 6.07) is 4.53. The van der Waals surface area contributed by atoms with E-state index in [2.05, 4.69) is 55.4 Å². The second-order valence-electron chi connectivity index (χ2n) is 7.18. The molecule has 23 heavy (non-hydrogen) atoms. The Morgan fingerprint density at radius 1 is 1.26 bits per heavy atom. The molecule has 1 heterocycles. The number of nitrogens with zero attached hydrogens (tertiary/aromatic N) is 1. The van der Waals surface area contributed by atoms with E-state index in [4.69, 9.17) is 0 Å². The summed E-state index contributed by atoms with van der Waals surface area (Å²) >= 11 is 0. The Morgan fingerprint density at radius 3 is 2.70 bits per heavy atom. The van der Waals surface area contributed by atoms with Gasteiger partial charge < -0.3 is 15.5 Å². The second-order valence-corrected chi connectivity index (χ2v) is 7.18. The number of fused-ring (bicyclic) bond motifs is 1. The zero-order chi connectivity index (χ0) is 17.0. The highest BCUT2D eigenvalue weighted by Gasteiger charge is 2.32. The summed E-state index contributed by atoms with van der Waals surface area (Å²) in [7, 11) is 0. The maximum Gasteiger partial charge on any atom is 0.314 e. The van der Waals surface area contributed by atoms with Crippen molar-refractivity contribution in [1.82, 2.24) is 10.6 Å². The van der Waals surface area contributed by atoms with E-state index >= 15 is 0 Å². The van der Waals surface area contributed by atoms with Gasteiger partial charge in [-0.25, -0.2) is 4.79 Å². The highest BCUT2D eigenvalue weighted by molar-refractivity contribution is 5.73. The van der Waals surface area contributed by atoms with Crippen LogP contribution in [0.4, 0.5) is 10.5 Å². The SMILES string of the molecule is CCNC(=O)NCCCN1c2cc(C)cc(C)c2CCC1(C)C. The Hall–Kier alpha value is -1.71. The predicted molar refractivity (Wildman–Crippen MR) is 97.4 cm³/mol. The molecule has 1 aromatic carbocycles. The van der Waals surface area contributed by atoms with E-state index < -0.39 is 0 Å². The largest absolute Gasteiger partial charge is 0.366 e. The van der Waals surface area contributed by atoms with Crippen LogP contribution in [0.2, 0.25) is 0 Å². The van der Waals surface area contributed by atoms with Gasteiger partial charge in [0.05, 0.1) is 0 Å². The van der Waals surface area contributed by atoms with E-state index in [0.717, 1.165) is 19.4 Å². The average molecular weight is 317 g/mol. The molecule has 2 rings (SSSR count). The molecule has 2 amide bonds. The zero-order valence-corrected chi connectivity index (χ0v) is 15.3. The molecule has 0 saturated heterocycles. The maximum atomic E-state index is 11.5. The lowest BCUT2D eigenvalue weighted by Crippen LogP contribution is -2.49. The van der Waals surface area contributed by atoms with Crippen molar-refractivity contribution in [2.45, 2.75) is 59.4 Å². The van der Waals surface area contributed by atoms with Crippen LogP contribution >= 0.6 is 0 Å². The minimum Gasteiger partial charge on any atom is -0.366 e. The Bertz CT molecular complexity index is 566. The van der Waals surface area contributed by atoms with Crippen molar-refractivity contribution >= 4 is 11.7 Å². The van der Waals surface area contributed by atoms with Crippen molar-refractivity contribution in [3.63, 3.8) is 0 Å². The van der Waals surface area contributed by atoms with Gasteiger partial charge in [0.25, 0.3) is 0 Å². The van der Waals surface area contributed by atoms with Crippen molar-refractivity contribution in [2.24, 2.45) is 0 Å². The molecule has 1 aliphatic heterocycles. The third-order valence-corrected chi connectivity index (χ3v) is 4.78. The number of carbonyl (C=O) groups excluding carboxylic acids is 1. The quantitative estimate of drug-likeness (QED) is 0.816. The Balaban J connectivity index is 2.06. The molecule has 0 radical (unpaired) electrons. The second kappa shape index (κ2) is 7.24. The van der Waals surface area contributed by atoms with Gasteiger partial charge >= 0.3 is 6.03 Å². The maximum absolute atomic E-state index is 11.5. The summed E-state index contributed by atoms with van der Waals surface area (Å²) in [4.78, 5) is 14.0. The molecule has 2 N–H and O–H groups in total. The summed E-state index contributed by atoms with van der Waals surface area (Å²) in [5.41, 5.74) is 5.77. The summed E-state index contributed by atoms with van der Waals surface area (Å²) < 4.78 is 0. The van der Waals surface area contributed by atoms with Crippen LogP contribution in [-0.2, 0) is 6.42 Å². The summed E-state index contributed by atoms with van der Waals surface area (Å²) in [5, 5.41) is 5.69. The third kappa shape index (κ3) is 4.18. The van der Waals surface area contributed by atoms with Gasteiger partial charge in [-0.3, -0.25) is 0 Å². The first-order valence-electron chi connectivity index (χ1n) is 8.74. The number of hydrogen-bond acceptors (Lipinski definition) is 2. The molecule has 0 saturated carbocycles. The minimum atomic E-state index is -0.0718. The number of rotatable bonds is 5. The Labute approximate surface area is 140 Å². The lowest BCUT2D eigenvalue weighted by molar-refractivity contribution is 0.241. The molecule has 1 aromatic rings. The number of benzene rings is 1. The monoisotopic (exact) mass is 317 g/mol. The van der Waals surface area contributed by atoms with E-state index in [0.29, 0.717) is 13.1 Å². The number of aryl methyl sites for hydroxylation is 2. The summed E-state index contributed by atoms with van der Waals surface area (Å²) in [6.45, 7) is 13.3. The van der Waals surface area contributed by atoms with Gasteiger partial charge in [0.2, 0.25) is 0 Å². The molecule has 4 heteroatoms. The van der Waals surface area contributed by atoms with Crippen molar-refractivity contribution in [3.05, 3.63) is 28.8 Å². The number of anilines is 1. The molecule has 0 spiro atoms. The fraction of sp³-hybridized carbons (Fsp3) is 0.632. The van der Waals surface area contributed by atoms with Crippen LogP contribution in [0.5, 0.6) is 0 Å². The van der Waals surface area contributed by atoms with Crippen LogP contribution in [0.15, 0.2) is 12.1 Å². The van der Waals surface area contributed by atoms with Crippen molar-refractivity contribution in [1.29, 1.82) is 0 Å². The highest BCUT2D eigenvalue weighted by Crippen LogP contribution is 2.38. The molecule has 128 valence electrons. The van der Waals surface area contributed by atoms with E-state index in [1.807, 2.05) is 6.92 Å². The highest BCUT2D eigenvalue weighted by atomic mass is 16.2. The van der Waals surface area contributed by atoms with Crippen molar-refractivity contribution < 1.29 is 4.79 Å². The van der Waals surface area contributed by atoms with Gasteiger partial charge in [0, 0.05) is 30.9 Å². The smallest absolute Gasteiger partial charge is 0.314 e. The number of carbonyl (C=O) groups is 1. The standard InChI is InChI=1S/C19H31N3O/c1-6-20-18(23)21-10-7-11-22-17-13-14(2)12-15(3)16(17)8-9-19(22,4)5/h12-13H,6-11H2,1-5H3,(H2,20,21,23). The minimum absolute atomic E-state index is 0.0718. The van der Waals surface area contributed by atoms with Gasteiger partial charge in [-0.15, -0.1) is 0 Å². The number of nitrogens with one attached hydrogen (secondary N) is 2. The molecular weight excluding hydrogens is 286 g/mol. The van der Waals surface area contributed by atoms with Gasteiger partial charge in [0.1, 0.15) is 0 Å². The van der Waals surface area contributed by atoms with E-state index in [-0.39, 0.29) is 11.6 Å². The van der Waals surface area contributed by atoms with E-state index in [1.165, 1.54) is 28.8 Å². The lowest BCUT2D eigenvalue weighted by atomic mass is 9.84. The number of urea groups is 1. The topological polar surface area (TPSA) is 44.4 Å². The van der Waals surface area contributed by atoms with Gasteiger partial charge in [-0.1, -0.05) is 6.07 Å². The Kier molecular flexibility index (Phi) is 5.55. The summed E-state index contributed by atoms with van der Waals surface area (Å²) in [6.07, 6.45) is 3.28. The van der Waals surface area contributed by atoms with Gasteiger partial charge in [0.15, 0.2) is 0 Å². The van der Waals surface area contributed by atoms with Crippen molar-refractivity contribution in [2.75, 3.05) is 24.5 Å². The molecule has 1 aliphatic rings. The van der Waals surface area contributed by atoms with Crippen LogP contribution in [-0.4, -0.2) is 31.2 Å². The van der Waals surface area contributed by atoms with Crippen molar-refractivity contribution in [3.8, 4) is 0 Å². The zero-order valence-electron chi connectivity index (χ0n) is 15.3. The fourth-order valence-corrected chi connectivity index (χ4v) is 3.52. The third-order valence-electron chi connectivity index (χ3n) is 4.78. The van der Waals surface area contributed by atoms with Crippen LogP contribution in [0.1, 0.15) is 50.3 Å². The van der Waals surface area contributed by atoms with Crippen LogP contribution in [0, 0.1) is 13.8 Å². The predicted octanol–water partition coefficient (Wildman–Crippen LogP) is 3.54. The first-order valence-corrected chi connectivity index (χ1v) is 8.74. The summed E-state index contributed by atoms with van der Waals surface area (Å²) in [5.74, 6) is 0. The van der Waals surface area contributed by atoms with E-state index in [1.54, 1.807) is 0 Å². The Morgan fingerprint density at radius 2 is 2.00 bits per heavy atom.